The zero-order chi connectivity index (χ0) is 82.1. The topological polar surface area (TPSA) is 23.8 Å². The van der Waals surface area contributed by atoms with Gasteiger partial charge in [0, 0.05) is 11.8 Å². The summed E-state index contributed by atoms with van der Waals surface area (Å²) >= 11 is 0. The highest BCUT2D eigenvalue weighted by molar-refractivity contribution is 4.84. The Morgan fingerprint density at radius 3 is 0.420 bits per heavy atom. The van der Waals surface area contributed by atoms with Gasteiger partial charge in [0.25, 0.3) is 0 Å². The SMILES string of the molecule is CCCCCCCCCCCCCCCCCC[NH-].CCCCCCCCCC[N+](CCCCCCCCCC)(CCCCCCCCCC)C(C)(C)C(CCC)CCCCCCCC.CCCCCCCCCC[N+](CCCCCCCCCC)(CCCCCCCCCC)C(C)(C)C(CCC)CCCCCCCC.[Br-]. The zero-order valence-corrected chi connectivity index (χ0v) is 83.4. The van der Waals surface area contributed by atoms with Gasteiger partial charge in [-0.05, 0) is 130 Å². The van der Waals surface area contributed by atoms with E-state index in [1.165, 1.54) is 568 Å². The van der Waals surface area contributed by atoms with Gasteiger partial charge < -0.3 is 31.7 Å². The van der Waals surface area contributed by atoms with E-state index in [4.69, 9.17) is 5.73 Å². The van der Waals surface area contributed by atoms with Crippen LogP contribution in [-0.2, 0) is 0 Å². The van der Waals surface area contributed by atoms with Gasteiger partial charge in [-0.1, -0.05) is 500 Å². The first-order valence-corrected chi connectivity index (χ1v) is 53.7. The first-order chi connectivity index (χ1) is 54.3. The number of quaternary nitrogens is 2. The van der Waals surface area contributed by atoms with Crippen molar-refractivity contribution in [3.05, 3.63) is 5.73 Å². The van der Waals surface area contributed by atoms with Crippen LogP contribution in [0.1, 0.15) is 630 Å². The van der Waals surface area contributed by atoms with Crippen molar-refractivity contribution in [3.8, 4) is 0 Å². The van der Waals surface area contributed by atoms with E-state index in [9.17, 15) is 0 Å². The van der Waals surface area contributed by atoms with Crippen molar-refractivity contribution in [1.82, 2.24) is 0 Å². The van der Waals surface area contributed by atoms with Crippen molar-refractivity contribution in [1.29, 1.82) is 0 Å². The van der Waals surface area contributed by atoms with Crippen molar-refractivity contribution in [2.24, 2.45) is 11.8 Å². The van der Waals surface area contributed by atoms with Crippen LogP contribution in [0.2, 0.25) is 0 Å². The number of nitrogens with zero attached hydrogens (tertiary/aromatic N) is 2. The Kier molecular flexibility index (Phi) is 101. The molecule has 0 fully saturated rings. The third kappa shape index (κ3) is 73.1. The lowest BCUT2D eigenvalue weighted by atomic mass is 9.76. The van der Waals surface area contributed by atoms with E-state index >= 15 is 0 Å². The minimum Gasteiger partial charge on any atom is -1.00 e. The Morgan fingerprint density at radius 2 is 0.286 bits per heavy atom. The second kappa shape index (κ2) is 95.2. The van der Waals surface area contributed by atoms with Crippen LogP contribution in [0.25, 0.3) is 5.73 Å². The highest BCUT2D eigenvalue weighted by Crippen LogP contribution is 2.42. The number of hydrogen-bond donors (Lipinski definition) is 0. The molecule has 3 nitrogen and oxygen atoms in total. The maximum absolute atomic E-state index is 7.08. The minimum absolute atomic E-state index is 0. The Morgan fingerprint density at radius 1 is 0.161 bits per heavy atom. The van der Waals surface area contributed by atoms with E-state index < -0.39 is 0 Å². The molecule has 112 heavy (non-hydrogen) atoms. The molecular formula is C108H226BrN3. The Hall–Kier alpha value is 0.360. The lowest BCUT2D eigenvalue weighted by molar-refractivity contribution is -0.977. The Bertz CT molecular complexity index is 1440. The molecule has 2 atom stereocenters. The monoisotopic (exact) mass is 1640 g/mol. The summed E-state index contributed by atoms with van der Waals surface area (Å²) in [6.45, 7) is 46.4. The van der Waals surface area contributed by atoms with Crippen LogP contribution in [-0.4, -0.2) is 65.9 Å². The smallest absolute Gasteiger partial charge is 0.0963 e. The molecule has 1 N–H and O–H groups in total. The van der Waals surface area contributed by atoms with E-state index in [1.54, 1.807) is 0 Å². The highest BCUT2D eigenvalue weighted by atomic mass is 79.9. The molecule has 0 aromatic carbocycles. The fraction of sp³-hybridized carbons (Fsp3) is 1.00. The molecule has 0 aliphatic heterocycles. The molecule has 0 radical (unpaired) electrons. The van der Waals surface area contributed by atoms with E-state index in [-0.39, 0.29) is 17.0 Å². The summed E-state index contributed by atoms with van der Waals surface area (Å²) in [5, 5.41) is 0. The first-order valence-electron chi connectivity index (χ1n) is 53.7. The summed E-state index contributed by atoms with van der Waals surface area (Å²) in [6.07, 6.45) is 118. The maximum atomic E-state index is 7.08. The number of nitrogens with one attached hydrogen (secondary N) is 1. The first kappa shape index (κ1) is 119. The fourth-order valence-corrected chi connectivity index (χ4v) is 19.9. The van der Waals surface area contributed by atoms with Gasteiger partial charge in [0.05, 0.1) is 50.3 Å². The molecule has 680 valence electrons. The number of rotatable bonds is 92. The summed E-state index contributed by atoms with van der Waals surface area (Å²) in [5.74, 6) is 1.75. The highest BCUT2D eigenvalue weighted by Gasteiger charge is 2.49. The summed E-state index contributed by atoms with van der Waals surface area (Å²) < 4.78 is 2.88. The molecule has 0 aromatic heterocycles. The Balaban J connectivity index is -0.000000841. The average Bonchev–Trinajstić information content (AvgIpc) is 0.780. The van der Waals surface area contributed by atoms with Gasteiger partial charge in [0.15, 0.2) is 0 Å². The summed E-state index contributed by atoms with van der Waals surface area (Å²) in [5.41, 5.74) is 7.86. The van der Waals surface area contributed by atoms with Crippen molar-refractivity contribution >= 4 is 0 Å². The molecule has 0 spiro atoms. The lowest BCUT2D eigenvalue weighted by Crippen LogP contribution is -3.00. The van der Waals surface area contributed by atoms with Gasteiger partial charge in [0.1, 0.15) is 0 Å². The third-order valence-electron chi connectivity index (χ3n) is 28.2. The van der Waals surface area contributed by atoms with Crippen LogP contribution < -0.4 is 17.0 Å². The van der Waals surface area contributed by atoms with Gasteiger partial charge in [0.2, 0.25) is 0 Å². The molecule has 0 aliphatic carbocycles. The van der Waals surface area contributed by atoms with Crippen molar-refractivity contribution in [3.63, 3.8) is 0 Å². The normalized spacial score (nSPS) is 12.6. The summed E-state index contributed by atoms with van der Waals surface area (Å²) in [6, 6.07) is 0. The average molecular weight is 1650 g/mol. The van der Waals surface area contributed by atoms with Crippen molar-refractivity contribution < 1.29 is 25.9 Å². The van der Waals surface area contributed by atoms with E-state index in [1.807, 2.05) is 0 Å². The zero-order valence-electron chi connectivity index (χ0n) is 81.9. The standard InChI is InChI=1S/2C45H94N.C18H38N.BrH/c2*1-8-13-17-21-25-28-32-36-41-46(42-37-33-29-26-22-18-14-9-2,43-38-34-30-27-23-19-15-10-3)45(6,7)44(39-12-5)40-35-31-24-20-16-11-4;1-2-3-4-5-6-7-8-9-10-11-12-13-14-15-16-17-18-19;/h2*44H,8-43H2,1-7H3;19H,2-18H2,1H3;1H/q2*+1;-1;/p-1. The molecule has 0 saturated heterocycles. The van der Waals surface area contributed by atoms with Crippen LogP contribution in [0.3, 0.4) is 0 Å². The van der Waals surface area contributed by atoms with Gasteiger partial charge >= 0.3 is 0 Å². The summed E-state index contributed by atoms with van der Waals surface area (Å²) in [7, 11) is 0. The number of hydrogen-bond acceptors (Lipinski definition) is 0. The lowest BCUT2D eigenvalue weighted by Gasteiger charge is -2.54. The van der Waals surface area contributed by atoms with Gasteiger partial charge in [-0.2, -0.15) is 6.54 Å². The molecule has 4 heteroatoms. The third-order valence-corrected chi connectivity index (χ3v) is 28.2. The van der Waals surface area contributed by atoms with Crippen molar-refractivity contribution in [2.75, 3.05) is 45.8 Å². The minimum atomic E-state index is 0. The van der Waals surface area contributed by atoms with Crippen LogP contribution in [0.15, 0.2) is 0 Å². The Labute approximate surface area is 726 Å². The van der Waals surface area contributed by atoms with E-state index in [2.05, 4.69) is 104 Å². The van der Waals surface area contributed by atoms with E-state index in [0.29, 0.717) is 17.6 Å². The van der Waals surface area contributed by atoms with Gasteiger partial charge in [-0.3, -0.25) is 0 Å². The molecular weight excluding hydrogens is 1420 g/mol. The van der Waals surface area contributed by atoms with E-state index in [0.717, 1.165) is 18.3 Å². The molecule has 0 heterocycles. The predicted octanol–water partition coefficient (Wildman–Crippen LogP) is 36.6. The predicted molar refractivity (Wildman–Crippen MR) is 515 cm³/mol. The molecule has 0 aromatic rings. The number of halogens is 1. The van der Waals surface area contributed by atoms with Gasteiger partial charge in [-0.15, -0.1) is 0 Å². The van der Waals surface area contributed by atoms with Crippen LogP contribution in [0.4, 0.5) is 0 Å². The molecule has 0 amide bonds. The maximum Gasteiger partial charge on any atom is 0.0963 e. The molecule has 2 unspecified atom stereocenters. The van der Waals surface area contributed by atoms with Crippen LogP contribution in [0.5, 0.6) is 0 Å². The number of unbranched alkanes of at least 4 members (excludes halogenated alkanes) is 67. The molecule has 0 saturated carbocycles. The van der Waals surface area contributed by atoms with Gasteiger partial charge in [-0.25, -0.2) is 0 Å². The molecule has 0 bridgehead atoms. The second-order valence-corrected chi connectivity index (χ2v) is 38.9. The fourth-order valence-electron chi connectivity index (χ4n) is 19.9. The second-order valence-electron chi connectivity index (χ2n) is 38.9. The molecule has 0 aliphatic rings. The van der Waals surface area contributed by atoms with Crippen LogP contribution in [0, 0.1) is 11.8 Å². The summed E-state index contributed by atoms with van der Waals surface area (Å²) in [4.78, 5) is 0. The van der Waals surface area contributed by atoms with Crippen LogP contribution >= 0.6 is 0 Å². The quantitative estimate of drug-likeness (QED) is 0.0428. The van der Waals surface area contributed by atoms with Crippen molar-refractivity contribution in [2.45, 2.75) is 641 Å². The molecule has 0 rings (SSSR count). The largest absolute Gasteiger partial charge is 1.00 e.